The number of rotatable bonds is 10. The van der Waals surface area contributed by atoms with Gasteiger partial charge < -0.3 is 14.6 Å². The van der Waals surface area contributed by atoms with Crippen molar-refractivity contribution in [2.24, 2.45) is 5.92 Å². The van der Waals surface area contributed by atoms with Gasteiger partial charge in [-0.3, -0.25) is 9.69 Å². The Morgan fingerprint density at radius 3 is 2.55 bits per heavy atom. The van der Waals surface area contributed by atoms with Crippen molar-refractivity contribution in [3.05, 3.63) is 65.5 Å². The molecule has 1 atom stereocenters. The van der Waals surface area contributed by atoms with E-state index in [1.54, 1.807) is 0 Å². The van der Waals surface area contributed by atoms with E-state index in [1.807, 2.05) is 38.1 Å². The lowest BCUT2D eigenvalue weighted by Gasteiger charge is -2.30. The Morgan fingerprint density at radius 2 is 1.87 bits per heavy atom. The van der Waals surface area contributed by atoms with Gasteiger partial charge in [0.25, 0.3) is 0 Å². The van der Waals surface area contributed by atoms with Crippen LogP contribution < -0.4 is 10.1 Å². The molecule has 4 rings (SSSR count). The van der Waals surface area contributed by atoms with E-state index in [-0.39, 0.29) is 23.3 Å². The Kier molecular flexibility index (Phi) is 9.21. The number of aromatic nitrogens is 2. The van der Waals surface area contributed by atoms with Crippen molar-refractivity contribution >= 4 is 5.91 Å². The van der Waals surface area contributed by atoms with Gasteiger partial charge in [-0.05, 0) is 74.8 Å². The SMILES string of the molecule is CC(C)Oc1ccc(CCCNC(=O)C2CCCN(Cc3nc(-c4ccc(C(C)(C)C)cc4)no3)C2)cc1. The molecule has 0 aliphatic carbocycles. The van der Waals surface area contributed by atoms with E-state index in [0.29, 0.717) is 31.3 Å². The van der Waals surface area contributed by atoms with Crippen LogP contribution in [0, 0.1) is 5.92 Å². The van der Waals surface area contributed by atoms with Crippen LogP contribution in [0.2, 0.25) is 0 Å². The van der Waals surface area contributed by atoms with E-state index in [9.17, 15) is 4.79 Å². The highest BCUT2D eigenvalue weighted by atomic mass is 16.5. The molecule has 7 heteroatoms. The van der Waals surface area contributed by atoms with Crippen molar-refractivity contribution in [1.29, 1.82) is 0 Å². The number of aryl methyl sites for hydroxylation is 1. The Balaban J connectivity index is 1.21. The molecule has 7 nitrogen and oxygen atoms in total. The second-order valence-corrected chi connectivity index (χ2v) is 11.6. The molecule has 1 saturated heterocycles. The van der Waals surface area contributed by atoms with Gasteiger partial charge in [-0.1, -0.05) is 62.3 Å². The first-order valence-electron chi connectivity index (χ1n) is 13.9. The Hall–Kier alpha value is -3.19. The number of nitrogens with zero attached hydrogens (tertiary/aromatic N) is 3. The zero-order chi connectivity index (χ0) is 27.1. The highest BCUT2D eigenvalue weighted by molar-refractivity contribution is 5.78. The van der Waals surface area contributed by atoms with Gasteiger partial charge in [0.05, 0.1) is 18.6 Å². The molecule has 1 aromatic heterocycles. The third-order valence-electron chi connectivity index (χ3n) is 6.95. The number of carbonyl (C=O) groups is 1. The van der Waals surface area contributed by atoms with Gasteiger partial charge in [-0.2, -0.15) is 4.98 Å². The molecule has 0 radical (unpaired) electrons. The maximum Gasteiger partial charge on any atom is 0.241 e. The molecular formula is C31H42N4O3. The summed E-state index contributed by atoms with van der Waals surface area (Å²) in [6.45, 7) is 13.5. The molecule has 0 saturated carbocycles. The Labute approximate surface area is 227 Å². The minimum atomic E-state index is -0.0106. The summed E-state index contributed by atoms with van der Waals surface area (Å²) in [5, 5.41) is 7.33. The normalized spacial score (nSPS) is 16.5. The molecule has 1 aliphatic rings. The second-order valence-electron chi connectivity index (χ2n) is 11.6. The number of benzene rings is 2. The molecule has 38 heavy (non-hydrogen) atoms. The Bertz CT molecular complexity index is 1160. The molecule has 1 amide bonds. The Morgan fingerprint density at radius 1 is 1.13 bits per heavy atom. The molecule has 1 N–H and O–H groups in total. The van der Waals surface area contributed by atoms with Gasteiger partial charge in [0, 0.05) is 18.7 Å². The number of piperidine rings is 1. The van der Waals surface area contributed by atoms with Gasteiger partial charge in [0.2, 0.25) is 17.6 Å². The van der Waals surface area contributed by atoms with Crippen LogP contribution in [-0.4, -0.2) is 46.7 Å². The molecule has 3 aromatic rings. The van der Waals surface area contributed by atoms with Crippen LogP contribution in [0.5, 0.6) is 5.75 Å². The lowest BCUT2D eigenvalue weighted by atomic mass is 9.87. The van der Waals surface area contributed by atoms with Gasteiger partial charge in [-0.25, -0.2) is 0 Å². The fourth-order valence-corrected chi connectivity index (χ4v) is 4.82. The van der Waals surface area contributed by atoms with Crippen LogP contribution in [0.4, 0.5) is 0 Å². The maximum atomic E-state index is 12.8. The smallest absolute Gasteiger partial charge is 0.241 e. The lowest BCUT2D eigenvalue weighted by Crippen LogP contribution is -2.43. The number of nitrogens with one attached hydrogen (secondary N) is 1. The van der Waals surface area contributed by atoms with Crippen LogP contribution in [-0.2, 0) is 23.2 Å². The summed E-state index contributed by atoms with van der Waals surface area (Å²) in [5.41, 5.74) is 3.58. The number of ether oxygens (including phenoxy) is 1. The monoisotopic (exact) mass is 518 g/mol. The summed E-state index contributed by atoms with van der Waals surface area (Å²) in [7, 11) is 0. The van der Waals surface area contributed by atoms with E-state index in [4.69, 9.17) is 9.26 Å². The van der Waals surface area contributed by atoms with Crippen LogP contribution >= 0.6 is 0 Å². The van der Waals surface area contributed by atoms with Crippen molar-refractivity contribution in [2.45, 2.75) is 78.4 Å². The molecule has 1 fully saturated rings. The first kappa shape index (κ1) is 27.8. The molecule has 0 bridgehead atoms. The molecule has 2 heterocycles. The van der Waals surface area contributed by atoms with Gasteiger partial charge >= 0.3 is 0 Å². The van der Waals surface area contributed by atoms with Gasteiger partial charge in [0.15, 0.2) is 0 Å². The van der Waals surface area contributed by atoms with E-state index in [1.165, 1.54) is 11.1 Å². The summed E-state index contributed by atoms with van der Waals surface area (Å²) in [6.07, 6.45) is 3.91. The van der Waals surface area contributed by atoms with E-state index < -0.39 is 0 Å². The molecule has 1 aliphatic heterocycles. The number of hydrogen-bond acceptors (Lipinski definition) is 6. The molecule has 204 valence electrons. The molecule has 2 aromatic carbocycles. The second kappa shape index (κ2) is 12.6. The fourth-order valence-electron chi connectivity index (χ4n) is 4.82. The van der Waals surface area contributed by atoms with E-state index >= 15 is 0 Å². The predicted octanol–water partition coefficient (Wildman–Crippen LogP) is 5.78. The summed E-state index contributed by atoms with van der Waals surface area (Å²) < 4.78 is 11.3. The van der Waals surface area contributed by atoms with Crippen LogP contribution in [0.15, 0.2) is 53.1 Å². The van der Waals surface area contributed by atoms with Gasteiger partial charge in [0.1, 0.15) is 5.75 Å². The fraction of sp³-hybridized carbons (Fsp3) is 0.516. The topological polar surface area (TPSA) is 80.5 Å². The molecular weight excluding hydrogens is 476 g/mol. The number of carbonyl (C=O) groups excluding carboxylic acids is 1. The third-order valence-corrected chi connectivity index (χ3v) is 6.95. The van der Waals surface area contributed by atoms with E-state index in [2.05, 4.69) is 65.4 Å². The van der Waals surface area contributed by atoms with Crippen molar-refractivity contribution in [3.63, 3.8) is 0 Å². The first-order valence-corrected chi connectivity index (χ1v) is 13.9. The molecule has 0 spiro atoms. The van der Waals surface area contributed by atoms with Crippen LogP contribution in [0.25, 0.3) is 11.4 Å². The number of likely N-dealkylation sites (tertiary alicyclic amines) is 1. The van der Waals surface area contributed by atoms with Crippen LogP contribution in [0.1, 0.15) is 70.9 Å². The van der Waals surface area contributed by atoms with Crippen molar-refractivity contribution < 1.29 is 14.1 Å². The number of hydrogen-bond donors (Lipinski definition) is 1. The minimum absolute atomic E-state index is 0.0106. The summed E-state index contributed by atoms with van der Waals surface area (Å²) in [5.74, 6) is 2.22. The van der Waals surface area contributed by atoms with Crippen molar-refractivity contribution in [1.82, 2.24) is 20.4 Å². The minimum Gasteiger partial charge on any atom is -0.491 e. The molecule has 1 unspecified atom stereocenters. The maximum absolute atomic E-state index is 12.8. The highest BCUT2D eigenvalue weighted by Gasteiger charge is 2.26. The lowest BCUT2D eigenvalue weighted by molar-refractivity contribution is -0.126. The van der Waals surface area contributed by atoms with Crippen LogP contribution in [0.3, 0.4) is 0 Å². The summed E-state index contributed by atoms with van der Waals surface area (Å²) >= 11 is 0. The zero-order valence-electron chi connectivity index (χ0n) is 23.5. The summed E-state index contributed by atoms with van der Waals surface area (Å²) in [6, 6.07) is 16.6. The van der Waals surface area contributed by atoms with Crippen molar-refractivity contribution in [2.75, 3.05) is 19.6 Å². The average molecular weight is 519 g/mol. The largest absolute Gasteiger partial charge is 0.491 e. The number of amides is 1. The highest BCUT2D eigenvalue weighted by Crippen LogP contribution is 2.25. The van der Waals surface area contributed by atoms with Gasteiger partial charge in [-0.15, -0.1) is 0 Å². The summed E-state index contributed by atoms with van der Waals surface area (Å²) in [4.78, 5) is 19.7. The van der Waals surface area contributed by atoms with E-state index in [0.717, 1.165) is 43.5 Å². The van der Waals surface area contributed by atoms with Crippen molar-refractivity contribution in [3.8, 4) is 17.1 Å². The quantitative estimate of drug-likeness (QED) is 0.343. The average Bonchev–Trinajstić information content (AvgIpc) is 3.35. The standard InChI is InChI=1S/C31H42N4O3/c1-22(2)37-27-16-10-23(11-17-27)8-6-18-32-30(36)25-9-7-19-35(20-25)21-28-33-29(34-38-28)24-12-14-26(15-13-24)31(3,4)5/h10-17,22,25H,6-9,18-21H2,1-5H3,(H,32,36). The third kappa shape index (κ3) is 7.90. The zero-order valence-corrected chi connectivity index (χ0v) is 23.5. The predicted molar refractivity (Wildman–Crippen MR) is 150 cm³/mol. The first-order chi connectivity index (χ1) is 18.2.